The topological polar surface area (TPSA) is 44.1 Å². The lowest BCUT2D eigenvalue weighted by Gasteiger charge is -2.02. The van der Waals surface area contributed by atoms with Crippen LogP contribution >= 0.6 is 11.3 Å². The van der Waals surface area contributed by atoms with E-state index in [9.17, 15) is 4.79 Å². The van der Waals surface area contributed by atoms with Gasteiger partial charge in [-0.1, -0.05) is 6.07 Å². The molecule has 0 atom stereocenters. The van der Waals surface area contributed by atoms with Crippen molar-refractivity contribution >= 4 is 17.3 Å². The first-order valence-electron chi connectivity index (χ1n) is 5.55. The molecule has 0 aliphatic rings. The van der Waals surface area contributed by atoms with Gasteiger partial charge in [0, 0.05) is 6.54 Å². The summed E-state index contributed by atoms with van der Waals surface area (Å²) in [7, 11) is 0. The summed E-state index contributed by atoms with van der Waals surface area (Å²) in [6, 6.07) is 5.74. The maximum atomic E-state index is 11.7. The van der Waals surface area contributed by atoms with Gasteiger partial charge in [-0.3, -0.25) is 4.68 Å². The Bertz CT molecular complexity index is 503. The van der Waals surface area contributed by atoms with Crippen molar-refractivity contribution in [3.05, 3.63) is 29.3 Å². The molecule has 90 valence electrons. The van der Waals surface area contributed by atoms with Crippen molar-refractivity contribution in [2.24, 2.45) is 0 Å². The van der Waals surface area contributed by atoms with Crippen LogP contribution in [0.3, 0.4) is 0 Å². The summed E-state index contributed by atoms with van der Waals surface area (Å²) in [5.74, 6) is -0.315. The van der Waals surface area contributed by atoms with Crippen LogP contribution in [-0.2, 0) is 11.3 Å². The zero-order valence-electron chi connectivity index (χ0n) is 9.84. The summed E-state index contributed by atoms with van der Waals surface area (Å²) >= 11 is 1.61. The molecule has 17 heavy (non-hydrogen) atoms. The highest BCUT2D eigenvalue weighted by Crippen LogP contribution is 2.24. The highest BCUT2D eigenvalue weighted by molar-refractivity contribution is 7.13. The quantitative estimate of drug-likeness (QED) is 0.784. The first-order valence-corrected chi connectivity index (χ1v) is 6.43. The van der Waals surface area contributed by atoms with Gasteiger partial charge in [0.1, 0.15) is 11.4 Å². The summed E-state index contributed by atoms with van der Waals surface area (Å²) in [4.78, 5) is 12.8. The Labute approximate surface area is 104 Å². The van der Waals surface area contributed by atoms with Crippen LogP contribution in [0, 0.1) is 0 Å². The Balaban J connectivity index is 2.36. The normalized spacial score (nSPS) is 10.5. The standard InChI is InChI=1S/C12H14N2O2S/c1-3-14-10(12(15)16-4-2)8-9(13-14)11-6-5-7-17-11/h5-8H,3-4H2,1-2H3. The Hall–Kier alpha value is -1.62. The molecule has 0 aromatic carbocycles. The van der Waals surface area contributed by atoms with Crippen LogP contribution in [0.4, 0.5) is 0 Å². The Morgan fingerprint density at radius 3 is 2.94 bits per heavy atom. The van der Waals surface area contributed by atoms with Crippen molar-refractivity contribution < 1.29 is 9.53 Å². The van der Waals surface area contributed by atoms with Crippen molar-refractivity contribution in [1.82, 2.24) is 9.78 Å². The third kappa shape index (κ3) is 2.39. The number of aromatic nitrogens is 2. The highest BCUT2D eigenvalue weighted by atomic mass is 32.1. The van der Waals surface area contributed by atoms with E-state index in [2.05, 4.69) is 5.10 Å². The molecule has 0 bridgehead atoms. The Morgan fingerprint density at radius 2 is 2.35 bits per heavy atom. The maximum absolute atomic E-state index is 11.7. The van der Waals surface area contributed by atoms with E-state index in [-0.39, 0.29) is 5.97 Å². The van der Waals surface area contributed by atoms with Crippen molar-refractivity contribution in [1.29, 1.82) is 0 Å². The lowest BCUT2D eigenvalue weighted by molar-refractivity contribution is 0.0512. The van der Waals surface area contributed by atoms with Crippen LogP contribution in [-0.4, -0.2) is 22.4 Å². The molecule has 0 fully saturated rings. The molecule has 0 N–H and O–H groups in total. The van der Waals surface area contributed by atoms with Crippen LogP contribution in [0.15, 0.2) is 23.6 Å². The third-order valence-electron chi connectivity index (χ3n) is 2.34. The number of nitrogens with zero attached hydrogens (tertiary/aromatic N) is 2. The average Bonchev–Trinajstić information content (AvgIpc) is 2.97. The summed E-state index contributed by atoms with van der Waals surface area (Å²) in [5.41, 5.74) is 1.34. The van der Waals surface area contributed by atoms with Gasteiger partial charge in [-0.2, -0.15) is 5.10 Å². The number of ether oxygens (including phenoxy) is 1. The number of thiophene rings is 1. The zero-order valence-corrected chi connectivity index (χ0v) is 10.7. The first-order chi connectivity index (χ1) is 8.26. The lowest BCUT2D eigenvalue weighted by Crippen LogP contribution is -2.12. The minimum atomic E-state index is -0.315. The molecule has 0 saturated heterocycles. The van der Waals surface area contributed by atoms with Gasteiger partial charge in [0.15, 0.2) is 0 Å². The lowest BCUT2D eigenvalue weighted by atomic mass is 10.3. The van der Waals surface area contributed by atoms with Gasteiger partial charge in [0.2, 0.25) is 0 Å². The Morgan fingerprint density at radius 1 is 1.53 bits per heavy atom. The van der Waals surface area contributed by atoms with Crippen molar-refractivity contribution in [2.45, 2.75) is 20.4 Å². The predicted molar refractivity (Wildman–Crippen MR) is 67.2 cm³/mol. The van der Waals surface area contributed by atoms with E-state index in [4.69, 9.17) is 4.74 Å². The van der Waals surface area contributed by atoms with Crippen LogP contribution in [0.2, 0.25) is 0 Å². The average molecular weight is 250 g/mol. The van der Waals surface area contributed by atoms with E-state index in [1.165, 1.54) is 0 Å². The molecular weight excluding hydrogens is 236 g/mol. The highest BCUT2D eigenvalue weighted by Gasteiger charge is 2.16. The number of aryl methyl sites for hydroxylation is 1. The monoisotopic (exact) mass is 250 g/mol. The van der Waals surface area contributed by atoms with E-state index >= 15 is 0 Å². The van der Waals surface area contributed by atoms with Gasteiger partial charge in [-0.25, -0.2) is 4.79 Å². The van der Waals surface area contributed by atoms with Gasteiger partial charge in [0.05, 0.1) is 11.5 Å². The van der Waals surface area contributed by atoms with Gasteiger partial charge < -0.3 is 4.74 Å². The fourth-order valence-electron chi connectivity index (χ4n) is 1.57. The summed E-state index contributed by atoms with van der Waals surface area (Å²) in [6.07, 6.45) is 0. The zero-order chi connectivity index (χ0) is 12.3. The van der Waals surface area contributed by atoms with E-state index in [0.29, 0.717) is 18.8 Å². The second kappa shape index (κ2) is 5.14. The van der Waals surface area contributed by atoms with Crippen LogP contribution in [0.1, 0.15) is 24.3 Å². The molecule has 2 aromatic rings. The molecular formula is C12H14N2O2S. The smallest absolute Gasteiger partial charge is 0.356 e. The molecule has 0 unspecified atom stereocenters. The molecule has 0 aliphatic carbocycles. The number of carbonyl (C=O) groups is 1. The largest absolute Gasteiger partial charge is 0.461 e. The number of rotatable bonds is 4. The predicted octanol–water partition coefficient (Wildman–Crippen LogP) is 2.81. The summed E-state index contributed by atoms with van der Waals surface area (Å²) < 4.78 is 6.68. The molecule has 0 amide bonds. The third-order valence-corrected chi connectivity index (χ3v) is 3.23. The van der Waals surface area contributed by atoms with Crippen LogP contribution in [0.25, 0.3) is 10.6 Å². The van der Waals surface area contributed by atoms with E-state index in [1.807, 2.05) is 24.4 Å². The summed E-state index contributed by atoms with van der Waals surface area (Å²) in [6.45, 7) is 4.78. The number of carbonyl (C=O) groups excluding carboxylic acids is 1. The molecule has 0 saturated carbocycles. The fraction of sp³-hybridized carbons (Fsp3) is 0.333. The molecule has 4 nitrogen and oxygen atoms in total. The second-order valence-corrected chi connectivity index (χ2v) is 4.38. The van der Waals surface area contributed by atoms with Gasteiger partial charge >= 0.3 is 5.97 Å². The number of hydrogen-bond donors (Lipinski definition) is 0. The minimum absolute atomic E-state index is 0.315. The number of esters is 1. The fourth-order valence-corrected chi connectivity index (χ4v) is 2.25. The summed E-state index contributed by atoms with van der Waals surface area (Å²) in [5, 5.41) is 6.39. The molecule has 0 radical (unpaired) electrons. The van der Waals surface area contributed by atoms with E-state index < -0.39 is 0 Å². The molecule has 2 heterocycles. The molecule has 2 rings (SSSR count). The van der Waals surface area contributed by atoms with Crippen LogP contribution < -0.4 is 0 Å². The van der Waals surface area contributed by atoms with Crippen molar-refractivity contribution in [3.8, 4) is 10.6 Å². The minimum Gasteiger partial charge on any atom is -0.461 e. The van der Waals surface area contributed by atoms with E-state index in [1.54, 1.807) is 29.0 Å². The molecule has 0 aliphatic heterocycles. The SMILES string of the molecule is CCOC(=O)c1cc(-c2cccs2)nn1CC. The Kier molecular flexibility index (Phi) is 3.58. The second-order valence-electron chi connectivity index (χ2n) is 3.43. The van der Waals surface area contributed by atoms with E-state index in [0.717, 1.165) is 10.6 Å². The van der Waals surface area contributed by atoms with Gasteiger partial charge in [-0.05, 0) is 31.4 Å². The molecule has 0 spiro atoms. The van der Waals surface area contributed by atoms with Crippen molar-refractivity contribution in [3.63, 3.8) is 0 Å². The van der Waals surface area contributed by atoms with Gasteiger partial charge in [0.25, 0.3) is 0 Å². The molecule has 2 aromatic heterocycles. The van der Waals surface area contributed by atoms with Gasteiger partial charge in [-0.15, -0.1) is 11.3 Å². The number of hydrogen-bond acceptors (Lipinski definition) is 4. The van der Waals surface area contributed by atoms with Crippen LogP contribution in [0.5, 0.6) is 0 Å². The van der Waals surface area contributed by atoms with Crippen molar-refractivity contribution in [2.75, 3.05) is 6.61 Å². The maximum Gasteiger partial charge on any atom is 0.356 e. The first kappa shape index (κ1) is 11.9. The molecule has 5 heteroatoms.